The number of nitrogens with zero attached hydrogens (tertiary/aromatic N) is 3. The number of aryl methyl sites for hydroxylation is 1. The van der Waals surface area contributed by atoms with Crippen molar-refractivity contribution in [2.45, 2.75) is 72.6 Å². The molecule has 64 heavy (non-hydrogen) atoms. The van der Waals surface area contributed by atoms with Crippen molar-refractivity contribution < 1.29 is 30.3 Å². The number of hydrogen-bond acceptors (Lipinski definition) is 3. The third-order valence-electron chi connectivity index (χ3n) is 12.1. The molecule has 0 unspecified atom stereocenters. The van der Waals surface area contributed by atoms with Crippen molar-refractivity contribution in [2.24, 2.45) is 0 Å². The van der Waals surface area contributed by atoms with Crippen LogP contribution in [-0.2, 0) is 26.5 Å². The predicted molar refractivity (Wildman–Crippen MR) is 264 cm³/mol. The summed E-state index contributed by atoms with van der Waals surface area (Å²) in [6, 6.07) is 57.2. The molecule has 0 spiro atoms. The molecule has 2 aromatic heterocycles. The van der Waals surface area contributed by atoms with Gasteiger partial charge in [-0.3, -0.25) is 9.55 Å². The van der Waals surface area contributed by atoms with Gasteiger partial charge in [-0.1, -0.05) is 186 Å². The minimum atomic E-state index is -2.18. The summed E-state index contributed by atoms with van der Waals surface area (Å²) in [5, 5.41) is 12.3. The van der Waals surface area contributed by atoms with Crippen molar-refractivity contribution in [2.75, 3.05) is 0 Å². The van der Waals surface area contributed by atoms with Gasteiger partial charge in [0.1, 0.15) is 11.6 Å². The number of benzene rings is 7. The first-order chi connectivity index (χ1) is 31.5. The summed E-state index contributed by atoms with van der Waals surface area (Å²) in [5.74, 6) is 1.21. The number of aromatic hydroxyl groups is 1. The summed E-state index contributed by atoms with van der Waals surface area (Å²) in [6.45, 7) is 13.2. The van der Waals surface area contributed by atoms with Gasteiger partial charge in [-0.2, -0.15) is 0 Å². The zero-order valence-electron chi connectivity index (χ0n) is 40.3. The summed E-state index contributed by atoms with van der Waals surface area (Å²) in [6.07, 6.45) is 1.79. The van der Waals surface area contributed by atoms with E-state index in [1.54, 1.807) is 18.3 Å². The van der Waals surface area contributed by atoms with E-state index in [-0.39, 0.29) is 44.1 Å². The smallest absolute Gasteiger partial charge is 0.148 e. The zero-order valence-corrected chi connectivity index (χ0v) is 39.6. The molecule has 0 radical (unpaired) electrons. The zero-order chi connectivity index (χ0) is 46.5. The summed E-state index contributed by atoms with van der Waals surface area (Å²) in [5.41, 5.74) is 16.1. The molecule has 2 heterocycles. The van der Waals surface area contributed by atoms with Gasteiger partial charge in [0.2, 0.25) is 0 Å². The summed E-state index contributed by atoms with van der Waals surface area (Å²) in [4.78, 5) is 10.4. The Morgan fingerprint density at radius 2 is 1.30 bits per heavy atom. The molecule has 0 aliphatic rings. The normalized spacial score (nSPS) is 12.5. The van der Waals surface area contributed by atoms with E-state index in [0.717, 1.165) is 78.0 Å². The number of fused-ring (bicyclic) bond motifs is 1. The molecule has 9 aromatic rings. The fourth-order valence-corrected chi connectivity index (χ4v) is 8.61. The van der Waals surface area contributed by atoms with Crippen molar-refractivity contribution in [3.05, 3.63) is 192 Å². The molecule has 1 N–H and O–H groups in total. The molecule has 0 aliphatic heterocycles. The van der Waals surface area contributed by atoms with Gasteiger partial charge in [0.15, 0.2) is 0 Å². The maximum absolute atomic E-state index is 12.3. The van der Waals surface area contributed by atoms with Gasteiger partial charge in [-0.05, 0) is 98.9 Å². The Labute approximate surface area is 397 Å². The Bertz CT molecular complexity index is 3220. The van der Waals surface area contributed by atoms with Gasteiger partial charge in [0.25, 0.3) is 0 Å². The van der Waals surface area contributed by atoms with E-state index in [1.807, 2.05) is 48.5 Å². The van der Waals surface area contributed by atoms with Crippen LogP contribution in [-0.4, -0.2) is 19.6 Å². The second-order valence-electron chi connectivity index (χ2n) is 18.2. The van der Waals surface area contributed by atoms with E-state index in [0.29, 0.717) is 17.0 Å². The number of hydrogen-bond donors (Lipinski definition) is 1. The van der Waals surface area contributed by atoms with Crippen LogP contribution in [0.2, 0.25) is 0 Å². The fourth-order valence-electron chi connectivity index (χ4n) is 8.61. The molecule has 0 saturated heterocycles. The molecule has 0 bridgehead atoms. The third kappa shape index (κ3) is 8.65. The number of imidazole rings is 1. The number of phenols is 1. The van der Waals surface area contributed by atoms with Gasteiger partial charge < -0.3 is 5.11 Å². The average molecular weight is 1020 g/mol. The molecule has 5 heteroatoms. The monoisotopic (exact) mass is 1020 g/mol. The van der Waals surface area contributed by atoms with E-state index in [4.69, 9.17) is 14.1 Å². The Morgan fingerprint density at radius 3 is 1.97 bits per heavy atom. The van der Waals surface area contributed by atoms with Crippen LogP contribution in [0.15, 0.2) is 164 Å². The second kappa shape index (κ2) is 18.0. The first-order valence-corrected chi connectivity index (χ1v) is 21.8. The van der Waals surface area contributed by atoms with E-state index >= 15 is 0 Å². The van der Waals surface area contributed by atoms with Crippen molar-refractivity contribution >= 4 is 11.0 Å². The molecule has 0 saturated carbocycles. The quantitative estimate of drug-likeness (QED) is 0.147. The molecular formula is C59H54N3OPt-. The molecular weight excluding hydrogens is 962 g/mol. The number of rotatable bonds is 9. The van der Waals surface area contributed by atoms with Crippen molar-refractivity contribution in [3.63, 3.8) is 0 Å². The van der Waals surface area contributed by atoms with Gasteiger partial charge in [0.05, 0.1) is 16.6 Å². The van der Waals surface area contributed by atoms with Crippen LogP contribution in [0.25, 0.3) is 83.9 Å². The van der Waals surface area contributed by atoms with E-state index in [1.165, 1.54) is 11.1 Å². The van der Waals surface area contributed by atoms with Gasteiger partial charge in [0, 0.05) is 42.8 Å². The number of phenolic OH excluding ortho intramolecular Hbond substituents is 1. The van der Waals surface area contributed by atoms with Crippen LogP contribution in [0, 0.1) is 12.9 Å². The van der Waals surface area contributed by atoms with Gasteiger partial charge >= 0.3 is 0 Å². The maximum Gasteiger partial charge on any atom is 0.148 e. The van der Waals surface area contributed by atoms with Crippen LogP contribution in [0.5, 0.6) is 5.75 Å². The van der Waals surface area contributed by atoms with E-state index in [2.05, 4.69) is 156 Å². The summed E-state index contributed by atoms with van der Waals surface area (Å²) >= 11 is 0. The number of pyridine rings is 1. The molecule has 0 aliphatic carbocycles. The minimum Gasteiger partial charge on any atom is -0.507 e. The number of aromatic nitrogens is 3. The standard InChI is InChI=1S/C59H54N3O.Pt/c1-37(2)44-33-51(38(3)4)57(63)52(34-44)58-61-56-50(20-15-21-55(56)62(58)48-26-27-49(42-18-13-10-14-19-42)53(36-48)59(6,7)8)46-30-45(40-16-11-9-12-17-40)31-47(32-46)54-35-43(28-29-60-54)41-24-22-39(5)23-25-41;/h9-31,33-38,63H,1-8H3;/q-1;/i5D3;. The molecule has 0 fully saturated rings. The Balaban J connectivity index is 0.00000608. The Kier molecular flexibility index (Phi) is 11.4. The molecule has 4 nitrogen and oxygen atoms in total. The first kappa shape index (κ1) is 40.4. The fraction of sp³-hybridized carbons (Fsp3) is 0.186. The molecule has 0 atom stereocenters. The summed E-state index contributed by atoms with van der Waals surface area (Å²) in [7, 11) is 0. The van der Waals surface area contributed by atoms with E-state index < -0.39 is 6.85 Å². The van der Waals surface area contributed by atoms with Crippen molar-refractivity contribution in [1.29, 1.82) is 0 Å². The topological polar surface area (TPSA) is 50.9 Å². The van der Waals surface area contributed by atoms with Crippen molar-refractivity contribution in [3.8, 4) is 78.6 Å². The van der Waals surface area contributed by atoms with Gasteiger partial charge in [-0.25, -0.2) is 4.98 Å². The first-order valence-electron chi connectivity index (χ1n) is 23.3. The van der Waals surface area contributed by atoms with E-state index in [9.17, 15) is 5.11 Å². The third-order valence-corrected chi connectivity index (χ3v) is 12.1. The summed E-state index contributed by atoms with van der Waals surface area (Å²) < 4.78 is 25.8. The maximum atomic E-state index is 12.3. The average Bonchev–Trinajstić information content (AvgIpc) is 3.71. The number of para-hydroxylation sites is 1. The van der Waals surface area contributed by atoms with Crippen LogP contribution in [0.4, 0.5) is 0 Å². The molecule has 7 aromatic carbocycles. The molecule has 0 amide bonds. The van der Waals surface area contributed by atoms with Gasteiger partial charge in [-0.15, -0.1) is 23.8 Å². The Morgan fingerprint density at radius 1 is 0.609 bits per heavy atom. The van der Waals surface area contributed by atoms with Crippen LogP contribution in [0.1, 0.15) is 86.7 Å². The minimum absolute atomic E-state index is 0. The van der Waals surface area contributed by atoms with Crippen molar-refractivity contribution in [1.82, 2.24) is 14.5 Å². The van der Waals surface area contributed by atoms with Crippen LogP contribution in [0.3, 0.4) is 0 Å². The van der Waals surface area contributed by atoms with Crippen LogP contribution < -0.4 is 0 Å². The predicted octanol–water partition coefficient (Wildman–Crippen LogP) is 15.8. The molecule has 9 rings (SSSR count). The molecule has 322 valence electrons. The largest absolute Gasteiger partial charge is 0.507 e. The second-order valence-corrected chi connectivity index (χ2v) is 18.2. The SMILES string of the molecule is [2H]C([2H])([2H])c1ccc(-c2ccnc(-c3[c-]c(-c4cccc5c4nc(-c4cc(C(C)C)cc(C(C)C)c4O)n5-c4ccc(-c5ccccc5)c(C(C)(C)C)c4)cc(-c4ccccc4)c3)c2)cc1.[Pt]. The Hall–Kier alpha value is -6.35. The van der Waals surface area contributed by atoms with Crippen LogP contribution >= 0.6 is 0 Å².